The molecule has 0 aliphatic rings. The number of ether oxygens (including phenoxy) is 2. The smallest absolute Gasteiger partial charge is 0.213 e. The monoisotopic (exact) mass is 287 g/mol. The van der Waals surface area contributed by atoms with Crippen molar-refractivity contribution in [2.45, 2.75) is 26.4 Å². The first-order valence-corrected chi connectivity index (χ1v) is 7.89. The van der Waals surface area contributed by atoms with Crippen molar-refractivity contribution in [2.75, 3.05) is 38.0 Å². The second-order valence-corrected chi connectivity index (χ2v) is 6.09. The van der Waals surface area contributed by atoms with Crippen LogP contribution in [0.25, 0.3) is 0 Å². The fourth-order valence-electron chi connectivity index (χ4n) is 1.02. The van der Waals surface area contributed by atoms with Crippen LogP contribution in [-0.2, 0) is 19.5 Å². The second-order valence-electron chi connectivity index (χ2n) is 3.79. The Hall–Kier alpha value is 0.120. The zero-order valence-corrected chi connectivity index (χ0v) is 12.0. The fraction of sp³-hybridized carbons (Fsp3) is 1.00. The first-order valence-electron chi connectivity index (χ1n) is 5.70. The third-order valence-electron chi connectivity index (χ3n) is 1.81. The van der Waals surface area contributed by atoms with E-state index in [2.05, 4.69) is 4.72 Å². The molecule has 0 fully saturated rings. The average Bonchev–Trinajstić information content (AvgIpc) is 2.22. The van der Waals surface area contributed by atoms with Crippen LogP contribution < -0.4 is 4.72 Å². The minimum Gasteiger partial charge on any atom is -0.380 e. The van der Waals surface area contributed by atoms with E-state index in [9.17, 15) is 8.42 Å². The minimum atomic E-state index is -3.23. The van der Waals surface area contributed by atoms with E-state index in [0.29, 0.717) is 32.1 Å². The molecule has 0 atom stereocenters. The molecule has 0 aromatic carbocycles. The molecule has 0 heterocycles. The molecule has 0 aliphatic heterocycles. The first kappa shape index (κ1) is 17.1. The Labute approximate surface area is 109 Å². The van der Waals surface area contributed by atoms with Gasteiger partial charge in [0.1, 0.15) is 0 Å². The summed E-state index contributed by atoms with van der Waals surface area (Å²) in [7, 11) is -3.23. The lowest BCUT2D eigenvalue weighted by molar-refractivity contribution is 0.0911. The molecule has 7 heteroatoms. The van der Waals surface area contributed by atoms with E-state index >= 15 is 0 Å². The number of nitrogens with one attached hydrogen (secondary N) is 1. The minimum absolute atomic E-state index is 0.00623. The van der Waals surface area contributed by atoms with E-state index < -0.39 is 10.0 Å². The van der Waals surface area contributed by atoms with Crippen LogP contribution in [0.15, 0.2) is 0 Å². The largest absolute Gasteiger partial charge is 0.380 e. The third-order valence-corrected chi connectivity index (χ3v) is 3.31. The maximum absolute atomic E-state index is 11.4. The summed E-state index contributed by atoms with van der Waals surface area (Å²) in [5, 5.41) is 0. The molecule has 0 aliphatic carbocycles. The Morgan fingerprint density at radius 1 is 1.24 bits per heavy atom. The summed E-state index contributed by atoms with van der Waals surface area (Å²) >= 11 is 5.42. The predicted molar refractivity (Wildman–Crippen MR) is 69.0 cm³/mol. The summed E-state index contributed by atoms with van der Waals surface area (Å²) < 4.78 is 35.7. The van der Waals surface area contributed by atoms with Gasteiger partial charge in [0, 0.05) is 19.0 Å². The van der Waals surface area contributed by atoms with Gasteiger partial charge >= 0.3 is 0 Å². The molecule has 0 radical (unpaired) electrons. The molecule has 0 spiro atoms. The van der Waals surface area contributed by atoms with E-state index in [-0.39, 0.29) is 18.5 Å². The van der Waals surface area contributed by atoms with Crippen molar-refractivity contribution in [3.63, 3.8) is 0 Å². The molecule has 0 aromatic heterocycles. The number of alkyl halides is 1. The maximum Gasteiger partial charge on any atom is 0.213 e. The number of rotatable bonds is 11. The van der Waals surface area contributed by atoms with Gasteiger partial charge in [-0.1, -0.05) is 0 Å². The van der Waals surface area contributed by atoms with Gasteiger partial charge in [-0.25, -0.2) is 13.1 Å². The van der Waals surface area contributed by atoms with Gasteiger partial charge in [-0.3, -0.25) is 0 Å². The van der Waals surface area contributed by atoms with Crippen LogP contribution in [0.3, 0.4) is 0 Å². The number of hydrogen-bond acceptors (Lipinski definition) is 4. The molecule has 0 saturated heterocycles. The molecule has 0 aromatic rings. The molecule has 17 heavy (non-hydrogen) atoms. The van der Waals surface area contributed by atoms with Crippen molar-refractivity contribution in [3.05, 3.63) is 0 Å². The lowest BCUT2D eigenvalue weighted by Gasteiger charge is -2.09. The van der Waals surface area contributed by atoms with Crippen molar-refractivity contribution < 1.29 is 17.9 Å². The van der Waals surface area contributed by atoms with Crippen LogP contribution in [-0.4, -0.2) is 52.5 Å². The van der Waals surface area contributed by atoms with E-state index in [4.69, 9.17) is 21.1 Å². The zero-order valence-electron chi connectivity index (χ0n) is 10.4. The summed E-state index contributed by atoms with van der Waals surface area (Å²) in [5.41, 5.74) is 0. The van der Waals surface area contributed by atoms with Gasteiger partial charge in [0.05, 0.1) is 25.1 Å². The zero-order chi connectivity index (χ0) is 13.1. The number of halogens is 1. The van der Waals surface area contributed by atoms with Gasteiger partial charge < -0.3 is 9.47 Å². The number of hydrogen-bond donors (Lipinski definition) is 1. The Balaban J connectivity index is 3.51. The molecule has 0 amide bonds. The van der Waals surface area contributed by atoms with Crippen molar-refractivity contribution >= 4 is 21.6 Å². The van der Waals surface area contributed by atoms with Crippen molar-refractivity contribution in [1.82, 2.24) is 4.72 Å². The van der Waals surface area contributed by atoms with Crippen molar-refractivity contribution in [2.24, 2.45) is 0 Å². The lowest BCUT2D eigenvalue weighted by atomic mass is 10.5. The quantitative estimate of drug-likeness (QED) is 0.454. The third kappa shape index (κ3) is 12.4. The van der Waals surface area contributed by atoms with Crippen LogP contribution in [0.4, 0.5) is 0 Å². The van der Waals surface area contributed by atoms with Gasteiger partial charge in [0.15, 0.2) is 0 Å². The van der Waals surface area contributed by atoms with E-state index in [1.165, 1.54) is 0 Å². The normalized spacial score (nSPS) is 12.2. The van der Waals surface area contributed by atoms with E-state index in [0.717, 1.165) is 0 Å². The summed E-state index contributed by atoms with van der Waals surface area (Å²) in [5.74, 6) is 0.450. The van der Waals surface area contributed by atoms with Crippen LogP contribution in [0.5, 0.6) is 0 Å². The Morgan fingerprint density at radius 2 is 1.94 bits per heavy atom. The van der Waals surface area contributed by atoms with Gasteiger partial charge in [0.25, 0.3) is 0 Å². The molecule has 104 valence electrons. The molecule has 0 rings (SSSR count). The molecule has 0 saturated carbocycles. The molecule has 0 bridgehead atoms. The standard InChI is InChI=1S/C10H22ClNO4S/c1-10(2)16-8-9-17(13,14)12-5-3-6-15-7-4-11/h10,12H,3-9H2,1-2H3. The predicted octanol–water partition coefficient (Wildman–Crippen LogP) is 0.976. The van der Waals surface area contributed by atoms with Gasteiger partial charge in [-0.15, -0.1) is 11.6 Å². The summed E-state index contributed by atoms with van der Waals surface area (Å²) in [4.78, 5) is 0. The molecule has 0 unspecified atom stereocenters. The SMILES string of the molecule is CC(C)OCCS(=O)(=O)NCCCOCCCl. The van der Waals surface area contributed by atoms with Crippen LogP contribution in [0.2, 0.25) is 0 Å². The van der Waals surface area contributed by atoms with Gasteiger partial charge in [0.2, 0.25) is 10.0 Å². The van der Waals surface area contributed by atoms with Crippen molar-refractivity contribution in [1.29, 1.82) is 0 Å². The van der Waals surface area contributed by atoms with Gasteiger partial charge in [-0.05, 0) is 20.3 Å². The van der Waals surface area contributed by atoms with Crippen LogP contribution in [0.1, 0.15) is 20.3 Å². The average molecular weight is 288 g/mol. The van der Waals surface area contributed by atoms with Gasteiger partial charge in [-0.2, -0.15) is 0 Å². The second kappa shape index (κ2) is 10.1. The Bertz CT molecular complexity index is 269. The maximum atomic E-state index is 11.4. The lowest BCUT2D eigenvalue weighted by Crippen LogP contribution is -2.30. The van der Waals surface area contributed by atoms with Crippen molar-refractivity contribution in [3.8, 4) is 0 Å². The molecular weight excluding hydrogens is 266 g/mol. The van der Waals surface area contributed by atoms with Crippen LogP contribution >= 0.6 is 11.6 Å². The highest BCUT2D eigenvalue weighted by Gasteiger charge is 2.09. The highest BCUT2D eigenvalue weighted by molar-refractivity contribution is 7.89. The topological polar surface area (TPSA) is 64.6 Å². The van der Waals surface area contributed by atoms with E-state index in [1.54, 1.807) is 0 Å². The molecular formula is C10H22ClNO4S. The van der Waals surface area contributed by atoms with E-state index in [1.807, 2.05) is 13.8 Å². The molecule has 5 nitrogen and oxygen atoms in total. The highest BCUT2D eigenvalue weighted by Crippen LogP contribution is 1.91. The fourth-order valence-corrected chi connectivity index (χ4v) is 2.05. The first-order chi connectivity index (χ1) is 7.98. The molecule has 1 N–H and O–H groups in total. The summed E-state index contributed by atoms with van der Waals surface area (Å²) in [6.07, 6.45) is 0.690. The van der Waals surface area contributed by atoms with Crippen LogP contribution in [0, 0.1) is 0 Å². The Kier molecular flexibility index (Phi) is 10.2. The summed E-state index contributed by atoms with van der Waals surface area (Å²) in [6.45, 7) is 5.35. The Morgan fingerprint density at radius 3 is 2.53 bits per heavy atom. The number of sulfonamides is 1. The summed E-state index contributed by atoms with van der Waals surface area (Å²) in [6, 6.07) is 0. The highest BCUT2D eigenvalue weighted by atomic mass is 35.5.